The lowest BCUT2D eigenvalue weighted by Crippen LogP contribution is -2.40. The number of anilines is 1. The van der Waals surface area contributed by atoms with Gasteiger partial charge in [-0.1, -0.05) is 48.2 Å². The first kappa shape index (κ1) is 21.7. The van der Waals surface area contributed by atoms with E-state index in [4.69, 9.17) is 9.47 Å². The van der Waals surface area contributed by atoms with Crippen molar-refractivity contribution < 1.29 is 14.3 Å². The number of aromatic nitrogens is 3. The zero-order valence-electron chi connectivity index (χ0n) is 19.3. The summed E-state index contributed by atoms with van der Waals surface area (Å²) in [5.74, 6) is 2.16. The molecule has 0 radical (unpaired) electrons. The number of hydrogen-bond donors (Lipinski definition) is 0. The Kier molecular flexibility index (Phi) is 5.66. The maximum Gasteiger partial charge on any atom is 0.240 e. The highest BCUT2D eigenvalue weighted by molar-refractivity contribution is 8.00. The van der Waals surface area contributed by atoms with Crippen molar-refractivity contribution in [2.24, 2.45) is 0 Å². The number of thioether (sulfide) groups is 1. The van der Waals surface area contributed by atoms with Gasteiger partial charge in [-0.2, -0.15) is 0 Å². The average Bonchev–Trinajstić information content (AvgIpc) is 3.55. The van der Waals surface area contributed by atoms with Gasteiger partial charge in [0.1, 0.15) is 0 Å². The summed E-state index contributed by atoms with van der Waals surface area (Å²) in [7, 11) is 0. The number of fused-ring (bicyclic) bond motifs is 2. The summed E-state index contributed by atoms with van der Waals surface area (Å²) in [5, 5.41) is 9.35. The number of benzene rings is 3. The minimum absolute atomic E-state index is 0.0781. The second-order valence-corrected chi connectivity index (χ2v) is 9.84. The van der Waals surface area contributed by atoms with Gasteiger partial charge < -0.3 is 14.4 Å². The van der Waals surface area contributed by atoms with Gasteiger partial charge in [-0.25, -0.2) is 0 Å². The van der Waals surface area contributed by atoms with E-state index in [1.165, 1.54) is 17.3 Å². The van der Waals surface area contributed by atoms with Crippen LogP contribution in [0.5, 0.6) is 11.5 Å². The molecule has 3 aromatic carbocycles. The molecule has 0 aliphatic carbocycles. The van der Waals surface area contributed by atoms with E-state index in [1.807, 2.05) is 83.1 Å². The normalized spacial score (nSPS) is 15.1. The van der Waals surface area contributed by atoms with E-state index in [-0.39, 0.29) is 18.0 Å². The van der Waals surface area contributed by atoms with Crippen molar-refractivity contribution in [1.82, 2.24) is 14.8 Å². The van der Waals surface area contributed by atoms with Crippen molar-refractivity contribution in [3.8, 4) is 28.6 Å². The summed E-state index contributed by atoms with van der Waals surface area (Å²) < 4.78 is 13.0. The zero-order valence-corrected chi connectivity index (χ0v) is 20.1. The first-order chi connectivity index (χ1) is 17.2. The smallest absolute Gasteiger partial charge is 0.240 e. The summed E-state index contributed by atoms with van der Waals surface area (Å²) in [6, 6.07) is 23.9. The van der Waals surface area contributed by atoms with E-state index in [2.05, 4.69) is 16.3 Å². The summed E-state index contributed by atoms with van der Waals surface area (Å²) in [6.07, 6.45) is 1.97. The average molecular weight is 485 g/mol. The Morgan fingerprint density at radius 1 is 0.971 bits per heavy atom. The fourth-order valence-electron chi connectivity index (χ4n) is 4.57. The number of hydrogen-bond acceptors (Lipinski definition) is 6. The van der Waals surface area contributed by atoms with E-state index in [1.54, 1.807) is 0 Å². The van der Waals surface area contributed by atoms with Crippen molar-refractivity contribution in [3.63, 3.8) is 0 Å². The lowest BCUT2D eigenvalue weighted by atomic mass is 10.0. The molecule has 0 fully saturated rings. The second-order valence-electron chi connectivity index (χ2n) is 8.53. The van der Waals surface area contributed by atoms with Gasteiger partial charge in [0, 0.05) is 23.5 Å². The van der Waals surface area contributed by atoms with Crippen LogP contribution in [0.15, 0.2) is 78.0 Å². The number of nitrogens with zero attached hydrogens (tertiary/aromatic N) is 4. The van der Waals surface area contributed by atoms with E-state index >= 15 is 0 Å². The predicted octanol–water partition coefficient (Wildman–Crippen LogP) is 5.12. The molecule has 6 rings (SSSR count). The summed E-state index contributed by atoms with van der Waals surface area (Å²) >= 11 is 1.42. The van der Waals surface area contributed by atoms with Crippen LogP contribution in [0.3, 0.4) is 0 Å². The van der Waals surface area contributed by atoms with Gasteiger partial charge in [-0.05, 0) is 61.7 Å². The molecule has 2 aliphatic rings. The topological polar surface area (TPSA) is 69.5 Å². The van der Waals surface area contributed by atoms with Gasteiger partial charge in [-0.3, -0.25) is 9.36 Å². The Labute approximate surface area is 207 Å². The largest absolute Gasteiger partial charge is 0.454 e. The van der Waals surface area contributed by atoms with Crippen LogP contribution in [0.4, 0.5) is 5.69 Å². The molecule has 0 saturated heterocycles. The van der Waals surface area contributed by atoms with Gasteiger partial charge in [0.25, 0.3) is 0 Å². The Bertz CT molecular complexity index is 1390. The molecule has 7 nitrogen and oxygen atoms in total. The maximum absolute atomic E-state index is 13.5. The van der Waals surface area contributed by atoms with E-state index < -0.39 is 0 Å². The molecular weight excluding hydrogens is 460 g/mol. The Morgan fingerprint density at radius 2 is 1.77 bits per heavy atom. The molecular formula is C27H24N4O3S. The highest BCUT2D eigenvalue weighted by Crippen LogP contribution is 2.38. The molecule has 176 valence electrons. The molecule has 0 bridgehead atoms. The molecule has 3 heterocycles. The molecule has 0 saturated carbocycles. The van der Waals surface area contributed by atoms with Gasteiger partial charge >= 0.3 is 0 Å². The molecule has 0 unspecified atom stereocenters. The third-order valence-corrected chi connectivity index (χ3v) is 7.31. The number of para-hydroxylation sites is 2. The van der Waals surface area contributed by atoms with Crippen LogP contribution in [0.1, 0.15) is 18.9 Å². The van der Waals surface area contributed by atoms with E-state index in [0.717, 1.165) is 42.1 Å². The first-order valence-electron chi connectivity index (χ1n) is 11.7. The van der Waals surface area contributed by atoms with Crippen molar-refractivity contribution in [2.75, 3.05) is 18.2 Å². The molecule has 2 aliphatic heterocycles. The molecule has 1 aromatic heterocycles. The summed E-state index contributed by atoms with van der Waals surface area (Å²) in [6.45, 7) is 2.88. The first-order valence-corrected chi connectivity index (χ1v) is 12.5. The molecule has 35 heavy (non-hydrogen) atoms. The SMILES string of the molecule is C[C@@H](Sc1nnc(-c2ccc3c(c2)OCO3)n1-c1ccccc1)C(=O)N1CCCc2ccccc21. The molecule has 8 heteroatoms. The monoisotopic (exact) mass is 484 g/mol. The highest BCUT2D eigenvalue weighted by Gasteiger charge is 2.29. The van der Waals surface area contributed by atoms with E-state index in [9.17, 15) is 4.79 Å². The molecule has 1 atom stereocenters. The van der Waals surface area contributed by atoms with Gasteiger partial charge in [0.15, 0.2) is 22.5 Å². The van der Waals surface area contributed by atoms with Crippen LogP contribution in [0.2, 0.25) is 0 Å². The third-order valence-electron chi connectivity index (χ3n) is 6.28. The van der Waals surface area contributed by atoms with Crippen molar-refractivity contribution >= 4 is 23.4 Å². The predicted molar refractivity (Wildman–Crippen MR) is 135 cm³/mol. The third kappa shape index (κ3) is 4.04. The number of ether oxygens (including phenoxy) is 2. The molecule has 1 amide bonds. The minimum Gasteiger partial charge on any atom is -0.454 e. The Balaban J connectivity index is 1.34. The quantitative estimate of drug-likeness (QED) is 0.366. The van der Waals surface area contributed by atoms with Crippen LogP contribution >= 0.6 is 11.8 Å². The maximum atomic E-state index is 13.5. The van der Waals surface area contributed by atoms with Crippen molar-refractivity contribution in [2.45, 2.75) is 30.2 Å². The van der Waals surface area contributed by atoms with Crippen molar-refractivity contribution in [1.29, 1.82) is 0 Å². The van der Waals surface area contributed by atoms with Crippen LogP contribution in [-0.2, 0) is 11.2 Å². The van der Waals surface area contributed by atoms with Crippen molar-refractivity contribution in [3.05, 3.63) is 78.4 Å². The number of carbonyl (C=O) groups is 1. The Morgan fingerprint density at radius 3 is 2.66 bits per heavy atom. The molecule has 4 aromatic rings. The lowest BCUT2D eigenvalue weighted by Gasteiger charge is -2.31. The number of amides is 1. The molecule has 0 N–H and O–H groups in total. The van der Waals surface area contributed by atoms with Crippen LogP contribution < -0.4 is 14.4 Å². The number of rotatable bonds is 5. The second kappa shape index (κ2) is 9.11. The minimum atomic E-state index is -0.336. The summed E-state index contributed by atoms with van der Waals surface area (Å²) in [5.41, 5.74) is 4.03. The Hall–Kier alpha value is -3.78. The standard InChI is InChI=1S/C27H24N4O3S/c1-18(26(32)30-15-7-9-19-8-5-6-12-22(19)30)35-27-29-28-25(31(27)21-10-3-2-4-11-21)20-13-14-23-24(16-20)34-17-33-23/h2-6,8,10-14,16,18H,7,9,15,17H2,1H3/t18-/m1/s1. The number of aryl methyl sites for hydroxylation is 1. The highest BCUT2D eigenvalue weighted by atomic mass is 32.2. The van der Waals surface area contributed by atoms with Crippen LogP contribution in [0, 0.1) is 0 Å². The fraction of sp³-hybridized carbons (Fsp3) is 0.222. The van der Waals surface area contributed by atoms with E-state index in [0.29, 0.717) is 16.7 Å². The van der Waals surface area contributed by atoms with Gasteiger partial charge in [0.05, 0.1) is 5.25 Å². The lowest BCUT2D eigenvalue weighted by molar-refractivity contribution is -0.117. The van der Waals surface area contributed by atoms with Crippen LogP contribution in [-0.4, -0.2) is 39.3 Å². The van der Waals surface area contributed by atoms with Gasteiger partial charge in [-0.15, -0.1) is 10.2 Å². The fourth-order valence-corrected chi connectivity index (χ4v) is 5.50. The number of carbonyl (C=O) groups excluding carboxylic acids is 1. The summed E-state index contributed by atoms with van der Waals surface area (Å²) in [4.78, 5) is 15.5. The zero-order chi connectivity index (χ0) is 23.8. The molecule has 0 spiro atoms. The van der Waals surface area contributed by atoms with Gasteiger partial charge in [0.2, 0.25) is 12.7 Å². The van der Waals surface area contributed by atoms with Crippen LogP contribution in [0.25, 0.3) is 17.1 Å².